The lowest BCUT2D eigenvalue weighted by atomic mass is 10.1. The summed E-state index contributed by atoms with van der Waals surface area (Å²) in [5.41, 5.74) is 2.55. The molecular weight excluding hydrogens is 432 g/mol. The summed E-state index contributed by atoms with van der Waals surface area (Å²) >= 11 is 1.48. The van der Waals surface area contributed by atoms with Gasteiger partial charge in [0.2, 0.25) is 0 Å². The van der Waals surface area contributed by atoms with Crippen molar-refractivity contribution in [2.45, 2.75) is 26.0 Å². The van der Waals surface area contributed by atoms with Crippen molar-refractivity contribution in [1.29, 1.82) is 0 Å². The number of rotatable bonds is 8. The first-order chi connectivity index (χ1) is 16.0. The van der Waals surface area contributed by atoms with Gasteiger partial charge in [-0.3, -0.25) is 9.69 Å². The van der Waals surface area contributed by atoms with E-state index in [2.05, 4.69) is 39.3 Å². The van der Waals surface area contributed by atoms with Crippen molar-refractivity contribution in [1.82, 2.24) is 20.1 Å². The topological polar surface area (TPSA) is 57.7 Å². The van der Waals surface area contributed by atoms with Gasteiger partial charge in [-0.2, -0.15) is 0 Å². The molecule has 1 amide bonds. The third-order valence-corrected chi connectivity index (χ3v) is 6.65. The van der Waals surface area contributed by atoms with Crippen LogP contribution in [0.15, 0.2) is 60.0 Å². The van der Waals surface area contributed by atoms with Gasteiger partial charge in [-0.15, -0.1) is 11.3 Å². The van der Waals surface area contributed by atoms with Crippen LogP contribution in [-0.2, 0) is 0 Å². The van der Waals surface area contributed by atoms with E-state index in [4.69, 9.17) is 4.74 Å². The Kier molecular flexibility index (Phi) is 7.75. The predicted octanol–water partition coefficient (Wildman–Crippen LogP) is 4.32. The number of piperazine rings is 1. The van der Waals surface area contributed by atoms with Gasteiger partial charge in [0.15, 0.2) is 0 Å². The minimum Gasteiger partial charge on any atom is -0.491 e. The van der Waals surface area contributed by atoms with E-state index in [1.54, 1.807) is 0 Å². The molecule has 0 aliphatic carbocycles. The fourth-order valence-electron chi connectivity index (χ4n) is 3.90. The molecule has 0 spiro atoms. The molecule has 2 heterocycles. The van der Waals surface area contributed by atoms with E-state index in [0.717, 1.165) is 54.6 Å². The fourth-order valence-corrected chi connectivity index (χ4v) is 4.71. The monoisotopic (exact) mass is 464 g/mol. The van der Waals surface area contributed by atoms with Gasteiger partial charge in [-0.25, -0.2) is 4.98 Å². The van der Waals surface area contributed by atoms with Gasteiger partial charge < -0.3 is 15.0 Å². The molecule has 1 unspecified atom stereocenters. The highest BCUT2D eigenvalue weighted by Gasteiger charge is 2.23. The molecule has 1 fully saturated rings. The zero-order valence-corrected chi connectivity index (χ0v) is 20.3. The lowest BCUT2D eigenvalue weighted by Gasteiger charge is -2.35. The van der Waals surface area contributed by atoms with Crippen molar-refractivity contribution in [2.75, 3.05) is 39.8 Å². The van der Waals surface area contributed by atoms with Crippen molar-refractivity contribution >= 4 is 17.2 Å². The second-order valence-electron chi connectivity index (χ2n) is 8.77. The number of carbonyl (C=O) groups excluding carboxylic acids is 1. The molecule has 0 bridgehead atoms. The first-order valence-corrected chi connectivity index (χ1v) is 12.4. The molecule has 1 aliphatic rings. The molecule has 33 heavy (non-hydrogen) atoms. The smallest absolute Gasteiger partial charge is 0.271 e. The third-order valence-electron chi connectivity index (χ3n) is 5.75. The van der Waals surface area contributed by atoms with E-state index in [1.165, 1.54) is 11.3 Å². The van der Waals surface area contributed by atoms with Crippen LogP contribution in [0.3, 0.4) is 0 Å². The van der Waals surface area contributed by atoms with Crippen LogP contribution in [0.2, 0.25) is 0 Å². The van der Waals surface area contributed by atoms with Gasteiger partial charge in [0.25, 0.3) is 5.91 Å². The largest absolute Gasteiger partial charge is 0.491 e. The number of hydrogen-bond donors (Lipinski definition) is 1. The molecule has 1 atom stereocenters. The van der Waals surface area contributed by atoms with Gasteiger partial charge in [0, 0.05) is 43.7 Å². The number of hydrogen-bond acceptors (Lipinski definition) is 6. The molecule has 1 N–H and O–H groups in total. The average molecular weight is 465 g/mol. The summed E-state index contributed by atoms with van der Waals surface area (Å²) in [7, 11) is 2.15. The van der Waals surface area contributed by atoms with Gasteiger partial charge in [-0.05, 0) is 50.7 Å². The number of benzene rings is 2. The number of aromatic nitrogens is 1. The van der Waals surface area contributed by atoms with Crippen LogP contribution in [0.4, 0.5) is 0 Å². The van der Waals surface area contributed by atoms with Gasteiger partial charge >= 0.3 is 0 Å². The summed E-state index contributed by atoms with van der Waals surface area (Å²) in [4.78, 5) is 22.5. The van der Waals surface area contributed by atoms with Crippen LogP contribution in [-0.4, -0.2) is 66.6 Å². The molecule has 0 radical (unpaired) electrons. The SMILES string of the molecule is CC(C)Oc1ccc(-c2nc(C(=O)NC(CN3CCN(C)CC3)c3ccccc3)cs2)cc1. The molecule has 4 rings (SSSR count). The molecule has 174 valence electrons. The molecule has 3 aromatic rings. The molecule has 7 heteroatoms. The molecule has 2 aromatic carbocycles. The van der Waals surface area contributed by atoms with E-state index in [0.29, 0.717) is 5.69 Å². The summed E-state index contributed by atoms with van der Waals surface area (Å²) in [6, 6.07) is 18.0. The molecule has 1 aromatic heterocycles. The lowest BCUT2D eigenvalue weighted by molar-refractivity contribution is 0.0903. The van der Waals surface area contributed by atoms with Crippen LogP contribution in [0, 0.1) is 0 Å². The third kappa shape index (κ3) is 6.41. The number of ether oxygens (including phenoxy) is 1. The van der Waals surface area contributed by atoms with Crippen molar-refractivity contribution in [3.8, 4) is 16.3 Å². The standard InChI is InChI=1S/C26H32N4O2S/c1-19(2)32-22-11-9-21(10-12-22)26-28-24(18-33-26)25(31)27-23(20-7-5-4-6-8-20)17-30-15-13-29(3)14-16-30/h4-12,18-19,23H,13-17H2,1-3H3,(H,27,31). The number of carbonyl (C=O) groups is 1. The van der Waals surface area contributed by atoms with Crippen LogP contribution >= 0.6 is 11.3 Å². The quantitative estimate of drug-likeness (QED) is 0.538. The van der Waals surface area contributed by atoms with Crippen molar-refractivity contribution in [3.63, 3.8) is 0 Å². The maximum absolute atomic E-state index is 13.1. The normalized spacial score (nSPS) is 16.0. The number of thiazole rings is 1. The number of amides is 1. The Balaban J connectivity index is 1.45. The summed E-state index contributed by atoms with van der Waals surface area (Å²) in [5.74, 6) is 0.693. The molecular formula is C26H32N4O2S. The fraction of sp³-hybridized carbons (Fsp3) is 0.385. The van der Waals surface area contributed by atoms with E-state index in [1.807, 2.05) is 61.7 Å². The van der Waals surface area contributed by atoms with E-state index in [9.17, 15) is 4.79 Å². The highest BCUT2D eigenvalue weighted by Crippen LogP contribution is 2.26. The maximum Gasteiger partial charge on any atom is 0.271 e. The first-order valence-electron chi connectivity index (χ1n) is 11.5. The number of nitrogens with one attached hydrogen (secondary N) is 1. The van der Waals surface area contributed by atoms with Gasteiger partial charge in [0.05, 0.1) is 12.1 Å². The molecule has 1 aliphatic heterocycles. The minimum absolute atomic E-state index is 0.0836. The molecule has 0 saturated carbocycles. The zero-order chi connectivity index (χ0) is 23.2. The van der Waals surface area contributed by atoms with Crippen LogP contribution in [0.5, 0.6) is 5.75 Å². The van der Waals surface area contributed by atoms with Crippen molar-refractivity contribution in [2.24, 2.45) is 0 Å². The van der Waals surface area contributed by atoms with Crippen molar-refractivity contribution < 1.29 is 9.53 Å². The average Bonchev–Trinajstić information content (AvgIpc) is 3.31. The Labute approximate surface area is 200 Å². The van der Waals surface area contributed by atoms with Crippen LogP contribution in [0.1, 0.15) is 35.9 Å². The Hall–Kier alpha value is -2.74. The predicted molar refractivity (Wildman–Crippen MR) is 134 cm³/mol. The summed E-state index contributed by atoms with van der Waals surface area (Å²) in [6.45, 7) is 8.91. The first kappa shape index (κ1) is 23.4. The Morgan fingerprint density at radius 1 is 1.06 bits per heavy atom. The summed E-state index contributed by atoms with van der Waals surface area (Å²) in [6.07, 6.45) is 0.134. The summed E-state index contributed by atoms with van der Waals surface area (Å²) < 4.78 is 5.71. The minimum atomic E-state index is -0.139. The molecule has 1 saturated heterocycles. The van der Waals surface area contributed by atoms with Gasteiger partial charge in [0.1, 0.15) is 16.5 Å². The number of nitrogens with zero attached hydrogens (tertiary/aromatic N) is 3. The number of likely N-dealkylation sites (N-methyl/N-ethyl adjacent to an activating group) is 1. The Morgan fingerprint density at radius 2 is 1.76 bits per heavy atom. The van der Waals surface area contributed by atoms with E-state index < -0.39 is 0 Å². The summed E-state index contributed by atoms with van der Waals surface area (Å²) in [5, 5.41) is 5.89. The maximum atomic E-state index is 13.1. The second kappa shape index (κ2) is 10.9. The van der Waals surface area contributed by atoms with Crippen LogP contribution < -0.4 is 10.1 Å². The molecule has 6 nitrogen and oxygen atoms in total. The van der Waals surface area contributed by atoms with Crippen molar-refractivity contribution in [3.05, 3.63) is 71.2 Å². The van der Waals surface area contributed by atoms with Gasteiger partial charge in [-0.1, -0.05) is 30.3 Å². The van der Waals surface area contributed by atoms with Crippen LogP contribution in [0.25, 0.3) is 10.6 Å². The Bertz CT molecular complexity index is 1030. The Morgan fingerprint density at radius 3 is 2.42 bits per heavy atom. The van der Waals surface area contributed by atoms with E-state index in [-0.39, 0.29) is 18.1 Å². The highest BCUT2D eigenvalue weighted by molar-refractivity contribution is 7.13. The van der Waals surface area contributed by atoms with E-state index >= 15 is 0 Å². The lowest BCUT2D eigenvalue weighted by Crippen LogP contribution is -2.47. The highest BCUT2D eigenvalue weighted by atomic mass is 32.1. The zero-order valence-electron chi connectivity index (χ0n) is 19.5. The second-order valence-corrected chi connectivity index (χ2v) is 9.63.